The van der Waals surface area contributed by atoms with Crippen LogP contribution in [-0.2, 0) is 15.7 Å². The van der Waals surface area contributed by atoms with Crippen LogP contribution in [0.4, 0.5) is 13.2 Å². The maximum Gasteiger partial charge on any atom is 0.417 e. The topological polar surface area (TPSA) is 69.5 Å². The first-order valence-electron chi connectivity index (χ1n) is 9.88. The van der Waals surface area contributed by atoms with Crippen LogP contribution in [-0.4, -0.2) is 58.5 Å². The Labute approximate surface area is 186 Å². The fourth-order valence-electron chi connectivity index (χ4n) is 3.60. The second-order valence-corrected chi connectivity index (χ2v) is 7.77. The lowest BCUT2D eigenvalue weighted by atomic mass is 10.1. The van der Waals surface area contributed by atoms with Gasteiger partial charge in [0.1, 0.15) is 0 Å². The van der Waals surface area contributed by atoms with Crippen LogP contribution >= 0.6 is 11.6 Å². The van der Waals surface area contributed by atoms with Crippen LogP contribution in [0.1, 0.15) is 16.8 Å². The van der Waals surface area contributed by atoms with E-state index in [0.717, 1.165) is 6.07 Å². The van der Waals surface area contributed by atoms with Gasteiger partial charge >= 0.3 is 6.18 Å². The predicted molar refractivity (Wildman–Crippen MR) is 111 cm³/mol. The van der Waals surface area contributed by atoms with Crippen LogP contribution in [0, 0.1) is 13.8 Å². The van der Waals surface area contributed by atoms with Gasteiger partial charge in [0.05, 0.1) is 35.5 Å². The van der Waals surface area contributed by atoms with Gasteiger partial charge < -0.3 is 14.4 Å². The predicted octanol–water partition coefficient (Wildman–Crippen LogP) is 3.95. The number of aromatic nitrogens is 3. The van der Waals surface area contributed by atoms with Gasteiger partial charge in [0.2, 0.25) is 5.88 Å². The minimum Gasteiger partial charge on any atom is -0.467 e. The second-order valence-electron chi connectivity index (χ2n) is 7.37. The molecule has 1 saturated heterocycles. The number of pyridine rings is 1. The van der Waals surface area contributed by atoms with Crippen molar-refractivity contribution in [2.75, 3.05) is 32.9 Å². The lowest BCUT2D eigenvalue weighted by Gasteiger charge is -2.26. The summed E-state index contributed by atoms with van der Waals surface area (Å²) in [7, 11) is 0. The van der Waals surface area contributed by atoms with E-state index in [1.807, 2.05) is 0 Å². The molecule has 0 bridgehead atoms. The molecule has 0 N–H and O–H groups in total. The molecule has 1 aromatic carbocycles. The van der Waals surface area contributed by atoms with Crippen LogP contribution in [0.3, 0.4) is 0 Å². The third-order valence-corrected chi connectivity index (χ3v) is 5.68. The number of hydrogen-bond donors (Lipinski definition) is 0. The van der Waals surface area contributed by atoms with Gasteiger partial charge in [-0.1, -0.05) is 17.7 Å². The molecule has 32 heavy (non-hydrogen) atoms. The van der Waals surface area contributed by atoms with Gasteiger partial charge in [-0.05, 0) is 31.5 Å². The van der Waals surface area contributed by atoms with E-state index in [1.165, 1.54) is 16.5 Å². The molecule has 0 atom stereocenters. The summed E-state index contributed by atoms with van der Waals surface area (Å²) in [6.45, 7) is 4.42. The molecule has 0 radical (unpaired) electrons. The van der Waals surface area contributed by atoms with Crippen molar-refractivity contribution in [3.8, 4) is 11.6 Å². The van der Waals surface area contributed by atoms with Gasteiger partial charge in [-0.25, -0.2) is 4.68 Å². The number of amides is 1. The summed E-state index contributed by atoms with van der Waals surface area (Å²) in [5.41, 5.74) is 0.340. The molecule has 1 aliphatic heterocycles. The molecule has 1 aliphatic rings. The van der Waals surface area contributed by atoms with Crippen LogP contribution in [0.25, 0.3) is 16.7 Å². The van der Waals surface area contributed by atoms with E-state index in [0.29, 0.717) is 42.6 Å². The van der Waals surface area contributed by atoms with Crippen LogP contribution in [0.15, 0.2) is 24.3 Å². The Morgan fingerprint density at radius 2 is 1.97 bits per heavy atom. The molecule has 11 heteroatoms. The highest BCUT2D eigenvalue weighted by Gasteiger charge is 2.36. The fourth-order valence-corrected chi connectivity index (χ4v) is 3.77. The largest absolute Gasteiger partial charge is 0.467 e. The number of carbonyl (C=O) groups is 1. The molecule has 0 aliphatic carbocycles. The molecule has 1 amide bonds. The zero-order chi connectivity index (χ0) is 23.0. The SMILES string of the molecule is Cc1c(Cl)cccc1-n1nc(C)c2c(C(F)(F)F)cc(OCC(=O)N3CCOCC3)nc21. The quantitative estimate of drug-likeness (QED) is 0.580. The number of alkyl halides is 3. The molecular formula is C21H20ClF3N4O3. The zero-order valence-electron chi connectivity index (χ0n) is 17.4. The van der Waals surface area contributed by atoms with Gasteiger partial charge in [0.25, 0.3) is 5.91 Å². The maximum atomic E-state index is 13.9. The van der Waals surface area contributed by atoms with Crippen molar-refractivity contribution in [1.82, 2.24) is 19.7 Å². The average Bonchev–Trinajstić information content (AvgIpc) is 3.09. The number of halogens is 4. The van der Waals surface area contributed by atoms with E-state index < -0.39 is 18.3 Å². The van der Waals surface area contributed by atoms with Gasteiger partial charge in [-0.15, -0.1) is 0 Å². The molecule has 0 spiro atoms. The molecule has 170 valence electrons. The Balaban J connectivity index is 1.77. The highest BCUT2D eigenvalue weighted by atomic mass is 35.5. The zero-order valence-corrected chi connectivity index (χ0v) is 18.1. The summed E-state index contributed by atoms with van der Waals surface area (Å²) < 4.78 is 53.6. The van der Waals surface area contributed by atoms with E-state index in [-0.39, 0.29) is 28.5 Å². The Bertz CT molecular complexity index is 1170. The number of aryl methyl sites for hydroxylation is 1. The van der Waals surface area contributed by atoms with Gasteiger partial charge in [0, 0.05) is 24.2 Å². The molecule has 3 aromatic rings. The van der Waals surface area contributed by atoms with Gasteiger partial charge in [-0.3, -0.25) is 4.79 Å². The van der Waals surface area contributed by atoms with E-state index in [1.54, 1.807) is 25.1 Å². The average molecular weight is 469 g/mol. The first-order chi connectivity index (χ1) is 15.2. The Morgan fingerprint density at radius 1 is 1.25 bits per heavy atom. The van der Waals surface area contributed by atoms with Crippen LogP contribution in [0.2, 0.25) is 5.02 Å². The number of fused-ring (bicyclic) bond motifs is 1. The molecule has 2 aromatic heterocycles. The van der Waals surface area contributed by atoms with Crippen molar-refractivity contribution in [2.24, 2.45) is 0 Å². The van der Waals surface area contributed by atoms with Gasteiger partial charge in [-0.2, -0.15) is 23.3 Å². The lowest BCUT2D eigenvalue weighted by Crippen LogP contribution is -2.43. The van der Waals surface area contributed by atoms with Crippen molar-refractivity contribution < 1.29 is 27.4 Å². The van der Waals surface area contributed by atoms with E-state index >= 15 is 0 Å². The standard InChI is InChI=1S/C21H20ClF3N4O3/c1-12-15(22)4-3-5-16(12)29-20-19(13(2)27-29)14(21(23,24)25)10-17(26-20)32-11-18(30)28-6-8-31-9-7-28/h3-5,10H,6-9,11H2,1-2H3. The monoisotopic (exact) mass is 468 g/mol. The van der Waals surface area contributed by atoms with Crippen molar-refractivity contribution >= 4 is 28.5 Å². The smallest absolute Gasteiger partial charge is 0.417 e. The molecule has 0 saturated carbocycles. The maximum absolute atomic E-state index is 13.9. The van der Waals surface area contributed by atoms with Crippen molar-refractivity contribution in [1.29, 1.82) is 0 Å². The van der Waals surface area contributed by atoms with E-state index in [2.05, 4.69) is 10.1 Å². The number of nitrogens with zero attached hydrogens (tertiary/aromatic N) is 4. The summed E-state index contributed by atoms with van der Waals surface area (Å²) in [5, 5.41) is 4.61. The number of hydrogen-bond acceptors (Lipinski definition) is 5. The molecule has 3 heterocycles. The summed E-state index contributed by atoms with van der Waals surface area (Å²) in [6.07, 6.45) is -4.67. The van der Waals surface area contributed by atoms with Crippen molar-refractivity contribution in [3.63, 3.8) is 0 Å². The minimum absolute atomic E-state index is 0.0310. The first kappa shape index (κ1) is 22.3. The Morgan fingerprint density at radius 3 is 2.66 bits per heavy atom. The van der Waals surface area contributed by atoms with Gasteiger partial charge in [0.15, 0.2) is 12.3 Å². The van der Waals surface area contributed by atoms with Crippen molar-refractivity contribution in [2.45, 2.75) is 20.0 Å². The summed E-state index contributed by atoms with van der Waals surface area (Å²) in [5.74, 6) is -0.661. The third kappa shape index (κ3) is 4.24. The van der Waals surface area contributed by atoms with E-state index in [4.69, 9.17) is 21.1 Å². The molecule has 4 rings (SSSR count). The van der Waals surface area contributed by atoms with Crippen molar-refractivity contribution in [3.05, 3.63) is 46.1 Å². The van der Waals surface area contributed by atoms with Crippen LogP contribution < -0.4 is 4.74 Å². The highest BCUT2D eigenvalue weighted by molar-refractivity contribution is 6.31. The molecule has 1 fully saturated rings. The third-order valence-electron chi connectivity index (χ3n) is 5.27. The highest BCUT2D eigenvalue weighted by Crippen LogP contribution is 2.38. The number of ether oxygens (including phenoxy) is 2. The fraction of sp³-hybridized carbons (Fsp3) is 0.381. The number of morpholine rings is 1. The summed E-state index contributed by atoms with van der Waals surface area (Å²) >= 11 is 6.20. The Hall–Kier alpha value is -2.85. The molecular weight excluding hydrogens is 449 g/mol. The first-order valence-corrected chi connectivity index (χ1v) is 10.3. The normalized spacial score (nSPS) is 14.8. The molecule has 0 unspecified atom stereocenters. The van der Waals surface area contributed by atoms with E-state index in [9.17, 15) is 18.0 Å². The minimum atomic E-state index is -4.67. The second kappa shape index (κ2) is 8.59. The lowest BCUT2D eigenvalue weighted by molar-refractivity contribution is -0.137. The molecule has 7 nitrogen and oxygen atoms in total. The Kier molecular flexibility index (Phi) is 6.00. The van der Waals surface area contributed by atoms with Crippen LogP contribution in [0.5, 0.6) is 5.88 Å². The number of carbonyl (C=O) groups excluding carboxylic acids is 1. The number of benzene rings is 1. The number of rotatable bonds is 4. The summed E-state index contributed by atoms with van der Waals surface area (Å²) in [6, 6.07) is 5.86. The summed E-state index contributed by atoms with van der Waals surface area (Å²) in [4.78, 5) is 18.2.